The number of aromatic nitrogens is 2. The summed E-state index contributed by atoms with van der Waals surface area (Å²) in [6.45, 7) is 9.36. The minimum absolute atomic E-state index is 0.798. The van der Waals surface area contributed by atoms with E-state index in [2.05, 4.69) is 32.4 Å². The van der Waals surface area contributed by atoms with Gasteiger partial charge in [0.1, 0.15) is 17.5 Å². The van der Waals surface area contributed by atoms with E-state index in [1.54, 1.807) is 0 Å². The number of nitrogens with zero attached hydrogens (tertiary/aromatic N) is 3. The summed E-state index contributed by atoms with van der Waals surface area (Å²) in [7, 11) is 1.89. The first-order valence-electron chi connectivity index (χ1n) is 7.16. The third kappa shape index (κ3) is 3.56. The highest BCUT2D eigenvalue weighted by Gasteiger charge is 2.27. The second kappa shape index (κ2) is 6.19. The summed E-state index contributed by atoms with van der Waals surface area (Å²) in [6.07, 6.45) is 2.73. The van der Waals surface area contributed by atoms with Gasteiger partial charge in [0, 0.05) is 31.7 Å². The quantitative estimate of drug-likeness (QED) is 0.788. The highest BCUT2D eigenvalue weighted by Crippen LogP contribution is 2.26. The van der Waals surface area contributed by atoms with Gasteiger partial charge in [0.2, 0.25) is 0 Å². The van der Waals surface area contributed by atoms with E-state index in [0.29, 0.717) is 0 Å². The maximum atomic E-state index is 4.48. The van der Waals surface area contributed by atoms with Gasteiger partial charge in [-0.25, -0.2) is 9.97 Å². The van der Waals surface area contributed by atoms with Crippen LogP contribution < -0.4 is 10.6 Å². The average molecular weight is 263 g/mol. The molecule has 0 saturated heterocycles. The third-order valence-electron chi connectivity index (χ3n) is 3.66. The number of aryl methyl sites for hydroxylation is 1. The van der Waals surface area contributed by atoms with E-state index in [1.807, 2.05) is 20.9 Å². The van der Waals surface area contributed by atoms with Gasteiger partial charge in [-0.2, -0.15) is 0 Å². The predicted octanol–water partition coefficient (Wildman–Crippen LogP) is 2.03. The second-order valence-electron chi connectivity index (χ2n) is 5.13. The first kappa shape index (κ1) is 14.1. The standard InChI is InChI=1S/C14H25N5/c1-5-19(12-6-7-12)9-8-16-14-10(2)13(15-4)17-11(3)18-14/h12H,5-9H2,1-4H3,(H2,15,16,17,18). The number of hydrogen-bond donors (Lipinski definition) is 2. The van der Waals surface area contributed by atoms with E-state index >= 15 is 0 Å². The van der Waals surface area contributed by atoms with Crippen LogP contribution >= 0.6 is 0 Å². The average Bonchev–Trinajstić information content (AvgIpc) is 3.22. The van der Waals surface area contributed by atoms with Crippen molar-refractivity contribution in [2.24, 2.45) is 0 Å². The zero-order chi connectivity index (χ0) is 13.8. The number of anilines is 2. The first-order chi connectivity index (χ1) is 9.15. The molecule has 1 aliphatic carbocycles. The van der Waals surface area contributed by atoms with Crippen LogP contribution in [0.4, 0.5) is 11.6 Å². The fraction of sp³-hybridized carbons (Fsp3) is 0.714. The molecule has 2 N–H and O–H groups in total. The normalized spacial score (nSPS) is 14.8. The highest BCUT2D eigenvalue weighted by molar-refractivity contribution is 5.56. The van der Waals surface area contributed by atoms with Gasteiger partial charge in [-0.05, 0) is 33.2 Å². The molecule has 0 amide bonds. The van der Waals surface area contributed by atoms with Gasteiger partial charge in [0.15, 0.2) is 0 Å². The van der Waals surface area contributed by atoms with E-state index in [9.17, 15) is 0 Å². The molecule has 1 aromatic rings. The Morgan fingerprint density at radius 2 is 1.89 bits per heavy atom. The summed E-state index contributed by atoms with van der Waals surface area (Å²) in [4.78, 5) is 11.4. The van der Waals surface area contributed by atoms with Gasteiger partial charge >= 0.3 is 0 Å². The monoisotopic (exact) mass is 263 g/mol. The van der Waals surface area contributed by atoms with E-state index in [-0.39, 0.29) is 0 Å². The molecule has 1 aliphatic rings. The van der Waals surface area contributed by atoms with Crippen LogP contribution in [-0.2, 0) is 0 Å². The minimum atomic E-state index is 0.798. The maximum Gasteiger partial charge on any atom is 0.134 e. The lowest BCUT2D eigenvalue weighted by atomic mass is 10.3. The molecule has 0 radical (unpaired) electrons. The Kier molecular flexibility index (Phi) is 4.58. The second-order valence-corrected chi connectivity index (χ2v) is 5.13. The fourth-order valence-corrected chi connectivity index (χ4v) is 2.40. The van der Waals surface area contributed by atoms with Crippen LogP contribution in [0.3, 0.4) is 0 Å². The molecule has 5 heteroatoms. The van der Waals surface area contributed by atoms with E-state index in [4.69, 9.17) is 0 Å². The van der Waals surface area contributed by atoms with Crippen molar-refractivity contribution in [2.75, 3.05) is 37.3 Å². The SMILES string of the molecule is CCN(CCNc1nc(C)nc(NC)c1C)C1CC1. The Bertz CT molecular complexity index is 428. The number of rotatable bonds is 7. The predicted molar refractivity (Wildman–Crippen MR) is 79.8 cm³/mol. The van der Waals surface area contributed by atoms with Crippen molar-refractivity contribution in [3.8, 4) is 0 Å². The molecule has 1 aromatic heterocycles. The molecule has 0 unspecified atom stereocenters. The van der Waals surface area contributed by atoms with Gasteiger partial charge in [-0.3, -0.25) is 4.90 Å². The number of nitrogens with one attached hydrogen (secondary N) is 2. The van der Waals surface area contributed by atoms with Crippen LogP contribution in [0.15, 0.2) is 0 Å². The van der Waals surface area contributed by atoms with Gasteiger partial charge in [0.25, 0.3) is 0 Å². The van der Waals surface area contributed by atoms with Crippen molar-refractivity contribution in [3.05, 3.63) is 11.4 Å². The fourth-order valence-electron chi connectivity index (χ4n) is 2.40. The Hall–Kier alpha value is -1.36. The van der Waals surface area contributed by atoms with Crippen LogP contribution in [0.25, 0.3) is 0 Å². The third-order valence-corrected chi connectivity index (χ3v) is 3.66. The van der Waals surface area contributed by atoms with Crippen molar-refractivity contribution < 1.29 is 0 Å². The van der Waals surface area contributed by atoms with E-state index in [1.165, 1.54) is 12.8 Å². The summed E-state index contributed by atoms with van der Waals surface area (Å²) < 4.78 is 0. The van der Waals surface area contributed by atoms with E-state index in [0.717, 1.165) is 48.7 Å². The lowest BCUT2D eigenvalue weighted by Gasteiger charge is -2.20. The first-order valence-corrected chi connectivity index (χ1v) is 7.16. The molecule has 5 nitrogen and oxygen atoms in total. The summed E-state index contributed by atoms with van der Waals surface area (Å²) in [5, 5.41) is 6.56. The minimum Gasteiger partial charge on any atom is -0.373 e. The highest BCUT2D eigenvalue weighted by atomic mass is 15.2. The van der Waals surface area contributed by atoms with Gasteiger partial charge in [0.05, 0.1) is 0 Å². The topological polar surface area (TPSA) is 53.1 Å². The summed E-state index contributed by atoms with van der Waals surface area (Å²) >= 11 is 0. The summed E-state index contributed by atoms with van der Waals surface area (Å²) in [6, 6.07) is 0.827. The van der Waals surface area contributed by atoms with E-state index < -0.39 is 0 Å². The maximum absolute atomic E-state index is 4.48. The Morgan fingerprint density at radius 3 is 2.47 bits per heavy atom. The smallest absolute Gasteiger partial charge is 0.134 e. The molecule has 106 valence electrons. The van der Waals surface area contributed by atoms with Crippen molar-refractivity contribution >= 4 is 11.6 Å². The van der Waals surface area contributed by atoms with Gasteiger partial charge in [-0.15, -0.1) is 0 Å². The molecule has 0 atom stereocenters. The van der Waals surface area contributed by atoms with Crippen LogP contribution in [-0.4, -0.2) is 47.6 Å². The molecule has 0 spiro atoms. The summed E-state index contributed by atoms with van der Waals surface area (Å²) in [5.41, 5.74) is 1.09. The molecule has 0 aromatic carbocycles. The molecule has 2 rings (SSSR count). The molecule has 0 bridgehead atoms. The summed E-state index contributed by atoms with van der Waals surface area (Å²) in [5.74, 6) is 2.65. The van der Waals surface area contributed by atoms with Crippen LogP contribution in [0, 0.1) is 13.8 Å². The molecule has 1 saturated carbocycles. The lowest BCUT2D eigenvalue weighted by molar-refractivity contribution is 0.289. The van der Waals surface area contributed by atoms with Gasteiger partial charge in [-0.1, -0.05) is 6.92 Å². The molecule has 1 fully saturated rings. The number of likely N-dealkylation sites (N-methyl/N-ethyl adjacent to an activating group) is 1. The molecule has 1 heterocycles. The van der Waals surface area contributed by atoms with Crippen molar-refractivity contribution in [2.45, 2.75) is 39.7 Å². The van der Waals surface area contributed by atoms with Crippen LogP contribution in [0.5, 0.6) is 0 Å². The van der Waals surface area contributed by atoms with Crippen LogP contribution in [0.1, 0.15) is 31.2 Å². The zero-order valence-electron chi connectivity index (χ0n) is 12.5. The van der Waals surface area contributed by atoms with Gasteiger partial charge < -0.3 is 10.6 Å². The van der Waals surface area contributed by atoms with Crippen LogP contribution in [0.2, 0.25) is 0 Å². The largest absolute Gasteiger partial charge is 0.373 e. The molecule has 19 heavy (non-hydrogen) atoms. The number of hydrogen-bond acceptors (Lipinski definition) is 5. The Morgan fingerprint density at radius 1 is 1.21 bits per heavy atom. The molecular weight excluding hydrogens is 238 g/mol. The zero-order valence-corrected chi connectivity index (χ0v) is 12.5. The van der Waals surface area contributed by atoms with Crippen molar-refractivity contribution in [1.29, 1.82) is 0 Å². The van der Waals surface area contributed by atoms with Crippen molar-refractivity contribution in [1.82, 2.24) is 14.9 Å². The molecular formula is C14H25N5. The Labute approximate surface area is 115 Å². The Balaban J connectivity index is 1.93. The lowest BCUT2D eigenvalue weighted by Crippen LogP contribution is -2.31. The molecule has 0 aliphatic heterocycles. The van der Waals surface area contributed by atoms with Crippen molar-refractivity contribution in [3.63, 3.8) is 0 Å².